The molecular weight excluding hydrogens is 412 g/mol. The van der Waals surface area contributed by atoms with Crippen molar-refractivity contribution in [1.29, 1.82) is 5.26 Å². The van der Waals surface area contributed by atoms with E-state index in [4.69, 9.17) is 4.55 Å². The molecule has 0 aliphatic heterocycles. The van der Waals surface area contributed by atoms with E-state index >= 15 is 0 Å². The molecule has 27 heavy (non-hydrogen) atoms. The summed E-state index contributed by atoms with van der Waals surface area (Å²) < 4.78 is 65.0. The molecule has 0 unspecified atom stereocenters. The minimum absolute atomic E-state index is 0.0284. The van der Waals surface area contributed by atoms with E-state index in [-0.39, 0.29) is 11.1 Å². The third kappa shape index (κ3) is 4.05. The zero-order chi connectivity index (χ0) is 19.8. The predicted octanol–water partition coefficient (Wildman–Crippen LogP) is 2.85. The largest absolute Gasteiger partial charge is 0.295 e. The van der Waals surface area contributed by atoms with Crippen molar-refractivity contribution >= 4 is 53.4 Å². The number of para-hydroxylation sites is 1. The van der Waals surface area contributed by atoms with Crippen molar-refractivity contribution in [2.45, 2.75) is 9.79 Å². The van der Waals surface area contributed by atoms with E-state index in [1.807, 2.05) is 18.2 Å². The highest BCUT2D eigenvalue weighted by atomic mass is 32.2. The predicted molar refractivity (Wildman–Crippen MR) is 99.2 cm³/mol. The maximum atomic E-state index is 11.6. The van der Waals surface area contributed by atoms with Crippen molar-refractivity contribution in [3.05, 3.63) is 53.0 Å². The summed E-state index contributed by atoms with van der Waals surface area (Å²) in [7, 11) is -9.50. The number of nitrogens with zero attached hydrogens (tertiary/aromatic N) is 2. The zero-order valence-corrected chi connectivity index (χ0v) is 15.7. The van der Waals surface area contributed by atoms with E-state index in [0.29, 0.717) is 16.6 Å². The maximum Gasteiger partial charge on any atom is 0.295 e. The highest BCUT2D eigenvalue weighted by Crippen LogP contribution is 2.30. The van der Waals surface area contributed by atoms with Gasteiger partial charge < -0.3 is 0 Å². The van der Waals surface area contributed by atoms with Crippen LogP contribution in [-0.2, 0) is 20.2 Å². The Balaban J connectivity index is 2.21. The molecule has 0 bridgehead atoms. The molecule has 0 saturated heterocycles. The van der Waals surface area contributed by atoms with Gasteiger partial charge in [-0.3, -0.25) is 9.11 Å². The summed E-state index contributed by atoms with van der Waals surface area (Å²) in [5.74, 6) is 0. The zero-order valence-electron chi connectivity index (χ0n) is 13.3. The second kappa shape index (κ2) is 6.84. The number of fused-ring (bicyclic) bond motifs is 1. The number of thiazole rings is 1. The van der Waals surface area contributed by atoms with E-state index in [1.165, 1.54) is 17.4 Å². The second-order valence-corrected chi connectivity index (χ2v) is 9.15. The fraction of sp³-hybridized carbons (Fsp3) is 0. The van der Waals surface area contributed by atoms with Gasteiger partial charge in [-0.2, -0.15) is 22.1 Å². The average Bonchev–Trinajstić information content (AvgIpc) is 3.01. The van der Waals surface area contributed by atoms with Crippen LogP contribution in [0.3, 0.4) is 0 Å². The van der Waals surface area contributed by atoms with E-state index in [9.17, 15) is 26.7 Å². The first-order valence-electron chi connectivity index (χ1n) is 7.16. The summed E-state index contributed by atoms with van der Waals surface area (Å²) in [6, 6.07) is 11.7. The lowest BCUT2D eigenvalue weighted by Crippen LogP contribution is -2.05. The molecule has 0 fully saturated rings. The molecule has 8 nitrogen and oxygen atoms in total. The molecule has 0 aliphatic carbocycles. The van der Waals surface area contributed by atoms with Gasteiger partial charge in [0, 0.05) is 0 Å². The summed E-state index contributed by atoms with van der Waals surface area (Å²) in [5.41, 5.74) is 0.566. The first-order chi connectivity index (χ1) is 12.6. The van der Waals surface area contributed by atoms with Crippen molar-refractivity contribution < 1.29 is 25.9 Å². The van der Waals surface area contributed by atoms with Crippen LogP contribution in [0.25, 0.3) is 21.9 Å². The first kappa shape index (κ1) is 19.2. The van der Waals surface area contributed by atoms with Crippen LogP contribution in [0.4, 0.5) is 0 Å². The van der Waals surface area contributed by atoms with Crippen molar-refractivity contribution in [3.8, 4) is 6.07 Å². The van der Waals surface area contributed by atoms with Crippen LogP contribution >= 0.6 is 11.3 Å². The fourth-order valence-corrected chi connectivity index (χ4v) is 4.52. The Hall–Kier alpha value is -2.62. The minimum Gasteiger partial charge on any atom is -0.282 e. The maximum absolute atomic E-state index is 11.6. The summed E-state index contributed by atoms with van der Waals surface area (Å²) in [5, 5.41) is 9.78. The van der Waals surface area contributed by atoms with Gasteiger partial charge in [0.2, 0.25) is 0 Å². The van der Waals surface area contributed by atoms with Gasteiger partial charge in [-0.25, -0.2) is 4.98 Å². The van der Waals surface area contributed by atoms with E-state index < -0.39 is 30.0 Å². The van der Waals surface area contributed by atoms with Gasteiger partial charge in [0.25, 0.3) is 20.2 Å². The standard InChI is InChI=1S/C16H10N2O6S3/c17-9-11(16-18-13-3-1-2-4-14(13)25-16)7-10-5-6-12(26(19,20)21)8-15(10)27(22,23)24/h1-8H,(H,19,20,21)(H,22,23,24). The summed E-state index contributed by atoms with van der Waals surface area (Å²) >= 11 is 1.22. The van der Waals surface area contributed by atoms with E-state index in [0.717, 1.165) is 16.8 Å². The molecule has 1 heterocycles. The Morgan fingerprint density at radius 3 is 2.37 bits per heavy atom. The number of hydrogen-bond acceptors (Lipinski definition) is 7. The van der Waals surface area contributed by atoms with Crippen LogP contribution < -0.4 is 0 Å². The van der Waals surface area contributed by atoms with Crippen LogP contribution in [0.2, 0.25) is 0 Å². The Labute approximate surface area is 158 Å². The van der Waals surface area contributed by atoms with E-state index in [1.54, 1.807) is 12.1 Å². The smallest absolute Gasteiger partial charge is 0.282 e. The SMILES string of the molecule is N#CC(=Cc1ccc(S(=O)(=O)O)cc1S(=O)(=O)O)c1nc2ccccc2s1. The number of hydrogen-bond donors (Lipinski definition) is 2. The monoisotopic (exact) mass is 422 g/mol. The lowest BCUT2D eigenvalue weighted by atomic mass is 10.1. The summed E-state index contributed by atoms with van der Waals surface area (Å²) in [4.78, 5) is 2.85. The highest BCUT2D eigenvalue weighted by molar-refractivity contribution is 7.86. The molecule has 0 amide bonds. The molecule has 11 heteroatoms. The highest BCUT2D eigenvalue weighted by Gasteiger charge is 2.20. The van der Waals surface area contributed by atoms with Crippen LogP contribution in [0.15, 0.2) is 52.3 Å². The fourth-order valence-electron chi connectivity index (χ4n) is 2.30. The molecule has 0 saturated carbocycles. The second-order valence-electron chi connectivity index (χ2n) is 5.31. The molecule has 2 aromatic carbocycles. The van der Waals surface area contributed by atoms with Crippen molar-refractivity contribution in [2.75, 3.05) is 0 Å². The Bertz CT molecular complexity index is 1300. The van der Waals surface area contributed by atoms with Crippen LogP contribution in [0.5, 0.6) is 0 Å². The van der Waals surface area contributed by atoms with Crippen molar-refractivity contribution in [1.82, 2.24) is 4.98 Å². The lowest BCUT2D eigenvalue weighted by molar-refractivity contribution is 0.481. The molecule has 0 spiro atoms. The Morgan fingerprint density at radius 2 is 1.78 bits per heavy atom. The summed E-state index contributed by atoms with van der Waals surface area (Å²) in [6.07, 6.45) is 1.18. The number of nitriles is 1. The Kier molecular flexibility index (Phi) is 4.85. The van der Waals surface area contributed by atoms with Gasteiger partial charge in [0.1, 0.15) is 16.0 Å². The number of rotatable bonds is 4. The first-order valence-corrected chi connectivity index (χ1v) is 10.9. The molecule has 0 aliphatic rings. The van der Waals surface area contributed by atoms with Crippen molar-refractivity contribution in [2.24, 2.45) is 0 Å². The average molecular weight is 422 g/mol. The molecule has 3 aromatic rings. The topological polar surface area (TPSA) is 145 Å². The van der Waals surface area contributed by atoms with Gasteiger partial charge in [-0.1, -0.05) is 18.2 Å². The Morgan fingerprint density at radius 1 is 1.07 bits per heavy atom. The van der Waals surface area contributed by atoms with Crippen LogP contribution in [-0.4, -0.2) is 30.9 Å². The van der Waals surface area contributed by atoms with Gasteiger partial charge in [0.15, 0.2) is 0 Å². The quantitative estimate of drug-likeness (QED) is 0.482. The third-order valence-electron chi connectivity index (χ3n) is 3.51. The van der Waals surface area contributed by atoms with E-state index in [2.05, 4.69) is 4.98 Å². The van der Waals surface area contributed by atoms with Crippen LogP contribution in [0, 0.1) is 11.3 Å². The number of benzene rings is 2. The normalized spacial score (nSPS) is 12.9. The number of aromatic nitrogens is 1. The summed E-state index contributed by atoms with van der Waals surface area (Å²) in [6.45, 7) is 0. The molecule has 138 valence electrons. The third-order valence-corrected chi connectivity index (χ3v) is 6.33. The van der Waals surface area contributed by atoms with Gasteiger partial charge in [0.05, 0.1) is 20.7 Å². The minimum atomic E-state index is -4.82. The molecule has 2 N–H and O–H groups in total. The van der Waals surface area contributed by atoms with Gasteiger partial charge in [-0.05, 0) is 35.9 Å². The molecule has 3 rings (SSSR count). The molecule has 1 aromatic heterocycles. The number of allylic oxidation sites excluding steroid dienone is 1. The van der Waals surface area contributed by atoms with Gasteiger partial charge >= 0.3 is 0 Å². The van der Waals surface area contributed by atoms with Crippen molar-refractivity contribution in [3.63, 3.8) is 0 Å². The van der Waals surface area contributed by atoms with Gasteiger partial charge in [-0.15, -0.1) is 11.3 Å². The molecular formula is C16H10N2O6S3. The lowest BCUT2D eigenvalue weighted by Gasteiger charge is -2.06. The molecule has 0 radical (unpaired) electrons. The molecule has 0 atom stereocenters. The van der Waals surface area contributed by atoms with Crippen LogP contribution in [0.1, 0.15) is 10.6 Å².